The van der Waals surface area contributed by atoms with E-state index in [-0.39, 0.29) is 12.6 Å². The first-order valence-electron chi connectivity index (χ1n) is 13.9. The van der Waals surface area contributed by atoms with E-state index in [0.717, 1.165) is 62.6 Å². The lowest BCUT2D eigenvalue weighted by molar-refractivity contribution is 0.242. The molecule has 0 spiro atoms. The van der Waals surface area contributed by atoms with E-state index in [0.29, 0.717) is 11.8 Å². The highest BCUT2D eigenvalue weighted by atomic mass is 16.3. The Morgan fingerprint density at radius 3 is 2.59 bits per heavy atom. The molecule has 0 aliphatic carbocycles. The lowest BCUT2D eigenvalue weighted by Crippen LogP contribution is -2.37. The van der Waals surface area contributed by atoms with E-state index >= 15 is 0 Å². The van der Waals surface area contributed by atoms with Gasteiger partial charge in [0.15, 0.2) is 5.82 Å². The van der Waals surface area contributed by atoms with E-state index in [1.165, 1.54) is 27.8 Å². The van der Waals surface area contributed by atoms with Crippen molar-refractivity contribution in [2.45, 2.75) is 59.2 Å². The molecule has 6 rings (SSSR count). The van der Waals surface area contributed by atoms with Crippen LogP contribution in [-0.4, -0.2) is 55.3 Å². The molecule has 1 fully saturated rings. The molecule has 1 atom stereocenters. The third-order valence-corrected chi connectivity index (χ3v) is 8.26. The summed E-state index contributed by atoms with van der Waals surface area (Å²) < 4.78 is 2.03. The summed E-state index contributed by atoms with van der Waals surface area (Å²) in [5.74, 6) is 2.21. The molecule has 8 heteroatoms. The zero-order valence-electron chi connectivity index (χ0n) is 23.1. The molecule has 2 N–H and O–H groups in total. The summed E-state index contributed by atoms with van der Waals surface area (Å²) in [6.45, 7) is 10.1. The van der Waals surface area contributed by atoms with Crippen LogP contribution < -0.4 is 10.2 Å². The molecule has 2 aliphatic heterocycles. The average molecular weight is 524 g/mol. The normalized spacial score (nSPS) is 17.4. The first kappa shape index (κ1) is 25.5. The van der Waals surface area contributed by atoms with Gasteiger partial charge in [-0.05, 0) is 68.0 Å². The Morgan fingerprint density at radius 1 is 1.03 bits per heavy atom. The van der Waals surface area contributed by atoms with Gasteiger partial charge in [0.2, 0.25) is 5.95 Å². The number of hydrogen-bond donors (Lipinski definition) is 2. The highest BCUT2D eigenvalue weighted by Gasteiger charge is 2.31. The zero-order chi connectivity index (χ0) is 26.9. The number of nitrogens with one attached hydrogen (secondary N) is 1. The van der Waals surface area contributed by atoms with E-state index in [4.69, 9.17) is 9.97 Å². The Labute approximate surface area is 230 Å². The number of nitrogens with zero attached hydrogens (tertiary/aromatic N) is 6. The third kappa shape index (κ3) is 5.27. The number of fused-ring (bicyclic) bond motifs is 1. The van der Waals surface area contributed by atoms with Crippen molar-refractivity contribution in [3.8, 4) is 5.69 Å². The minimum atomic E-state index is 0.0913. The van der Waals surface area contributed by atoms with E-state index in [1.807, 2.05) is 17.1 Å². The fraction of sp³-hybridized carbons (Fsp3) is 0.387. The zero-order valence-corrected chi connectivity index (χ0v) is 23.1. The van der Waals surface area contributed by atoms with Crippen molar-refractivity contribution in [1.82, 2.24) is 24.4 Å². The Balaban J connectivity index is 1.29. The monoisotopic (exact) mass is 523 g/mol. The van der Waals surface area contributed by atoms with E-state index in [9.17, 15) is 5.11 Å². The fourth-order valence-corrected chi connectivity index (χ4v) is 5.83. The molecule has 2 aromatic heterocycles. The molecule has 1 saturated heterocycles. The van der Waals surface area contributed by atoms with Crippen molar-refractivity contribution < 1.29 is 5.11 Å². The molecule has 2 aromatic carbocycles. The SMILES string of the molecule is Cc1cc(-n2cnc(Nc3nc4c(c(N5CCC[C@H]5CO)n3)CN(Cc3ccccc3)CC4)c2)cc(C)c1C. The molecule has 202 valence electrons. The molecule has 0 bridgehead atoms. The van der Waals surface area contributed by atoms with Gasteiger partial charge in [0.1, 0.15) is 12.1 Å². The maximum Gasteiger partial charge on any atom is 0.230 e. The number of aliphatic hydroxyl groups excluding tert-OH is 1. The van der Waals surface area contributed by atoms with Gasteiger partial charge in [-0.1, -0.05) is 30.3 Å². The second-order valence-corrected chi connectivity index (χ2v) is 10.9. The van der Waals surface area contributed by atoms with Crippen LogP contribution in [-0.2, 0) is 19.5 Å². The van der Waals surface area contributed by atoms with Crippen LogP contribution in [0.4, 0.5) is 17.6 Å². The number of anilines is 3. The number of benzene rings is 2. The Hall–Kier alpha value is -3.75. The van der Waals surface area contributed by atoms with Gasteiger partial charge in [0, 0.05) is 43.9 Å². The summed E-state index contributed by atoms with van der Waals surface area (Å²) in [6, 6.07) is 15.1. The second-order valence-electron chi connectivity index (χ2n) is 10.9. The number of rotatable bonds is 7. The summed E-state index contributed by atoms with van der Waals surface area (Å²) in [6.07, 6.45) is 6.71. The molecular weight excluding hydrogens is 486 g/mol. The van der Waals surface area contributed by atoms with Gasteiger partial charge >= 0.3 is 0 Å². The van der Waals surface area contributed by atoms with E-state index in [2.05, 4.69) is 83.3 Å². The van der Waals surface area contributed by atoms with Crippen LogP contribution in [0.1, 0.15) is 46.4 Å². The summed E-state index contributed by atoms with van der Waals surface area (Å²) in [5, 5.41) is 13.5. The van der Waals surface area contributed by atoms with Crippen LogP contribution in [0.3, 0.4) is 0 Å². The van der Waals surface area contributed by atoms with Gasteiger partial charge in [-0.25, -0.2) is 9.97 Å². The van der Waals surface area contributed by atoms with Gasteiger partial charge in [-0.3, -0.25) is 4.90 Å². The van der Waals surface area contributed by atoms with Crippen molar-refractivity contribution in [2.75, 3.05) is 29.9 Å². The van der Waals surface area contributed by atoms with Crippen LogP contribution >= 0.6 is 0 Å². The minimum Gasteiger partial charge on any atom is -0.394 e. The molecule has 2 aliphatic rings. The molecule has 0 amide bonds. The number of hydrogen-bond acceptors (Lipinski definition) is 7. The van der Waals surface area contributed by atoms with Gasteiger partial charge in [0.25, 0.3) is 0 Å². The van der Waals surface area contributed by atoms with Crippen molar-refractivity contribution in [3.05, 3.63) is 88.5 Å². The molecule has 0 radical (unpaired) electrons. The molecule has 0 saturated carbocycles. The predicted molar refractivity (Wildman–Crippen MR) is 155 cm³/mol. The lowest BCUT2D eigenvalue weighted by atomic mass is 10.0. The second kappa shape index (κ2) is 10.8. The highest BCUT2D eigenvalue weighted by Crippen LogP contribution is 2.33. The van der Waals surface area contributed by atoms with Crippen LogP contribution in [0, 0.1) is 20.8 Å². The van der Waals surface area contributed by atoms with Crippen molar-refractivity contribution >= 4 is 17.6 Å². The first-order valence-corrected chi connectivity index (χ1v) is 13.9. The van der Waals surface area contributed by atoms with Gasteiger partial charge in [0.05, 0.1) is 24.5 Å². The van der Waals surface area contributed by atoms with Crippen molar-refractivity contribution in [3.63, 3.8) is 0 Å². The molecule has 39 heavy (non-hydrogen) atoms. The molecule has 4 heterocycles. The highest BCUT2D eigenvalue weighted by molar-refractivity contribution is 5.58. The lowest BCUT2D eigenvalue weighted by Gasteiger charge is -2.33. The Kier molecular flexibility index (Phi) is 7.06. The van der Waals surface area contributed by atoms with Crippen LogP contribution in [0.25, 0.3) is 5.69 Å². The smallest absolute Gasteiger partial charge is 0.230 e. The molecule has 4 aromatic rings. The number of aliphatic hydroxyl groups is 1. The maximum atomic E-state index is 10.1. The molecular formula is C31H37N7O. The average Bonchev–Trinajstić information content (AvgIpc) is 3.61. The maximum absolute atomic E-state index is 10.1. The van der Waals surface area contributed by atoms with E-state index < -0.39 is 0 Å². The van der Waals surface area contributed by atoms with Crippen molar-refractivity contribution in [2.24, 2.45) is 0 Å². The number of aryl methyl sites for hydroxylation is 2. The largest absolute Gasteiger partial charge is 0.394 e. The van der Waals surface area contributed by atoms with E-state index in [1.54, 1.807) is 0 Å². The molecule has 8 nitrogen and oxygen atoms in total. The first-order chi connectivity index (χ1) is 19.0. The summed E-state index contributed by atoms with van der Waals surface area (Å²) in [7, 11) is 0. The van der Waals surface area contributed by atoms with Crippen LogP contribution in [0.2, 0.25) is 0 Å². The summed E-state index contributed by atoms with van der Waals surface area (Å²) in [4.78, 5) is 19.4. The molecule has 0 unspecified atom stereocenters. The third-order valence-electron chi connectivity index (χ3n) is 8.26. The Bertz CT molecular complexity index is 1440. The standard InChI is InChI=1S/C31H37N7O/c1-21-14-26(15-22(2)23(21)3)37-18-29(32-20-37)34-31-33-28-11-13-36(16-24-8-5-4-6-9-24)17-27(28)30(35-31)38-12-7-10-25(38)19-39/h4-6,8-9,14-15,18,20,25,39H,7,10-13,16-17,19H2,1-3H3,(H,33,34,35)/t25-/m0/s1. The number of imidazole rings is 1. The topological polar surface area (TPSA) is 82.3 Å². The quantitative estimate of drug-likeness (QED) is 0.358. The summed E-state index contributed by atoms with van der Waals surface area (Å²) in [5.41, 5.74) is 8.51. The van der Waals surface area contributed by atoms with Gasteiger partial charge in [-0.15, -0.1) is 0 Å². The summed E-state index contributed by atoms with van der Waals surface area (Å²) >= 11 is 0. The van der Waals surface area contributed by atoms with Gasteiger partial charge < -0.3 is 19.9 Å². The van der Waals surface area contributed by atoms with Gasteiger partial charge in [-0.2, -0.15) is 4.98 Å². The van der Waals surface area contributed by atoms with Crippen molar-refractivity contribution in [1.29, 1.82) is 0 Å². The minimum absolute atomic E-state index is 0.0913. The fourth-order valence-electron chi connectivity index (χ4n) is 5.83. The van der Waals surface area contributed by atoms with Crippen LogP contribution in [0.15, 0.2) is 55.0 Å². The van der Waals surface area contributed by atoms with Crippen LogP contribution in [0.5, 0.6) is 0 Å². The Morgan fingerprint density at radius 2 is 1.82 bits per heavy atom. The predicted octanol–water partition coefficient (Wildman–Crippen LogP) is 4.85. The number of aromatic nitrogens is 4.